The Labute approximate surface area is 107 Å². The first-order valence-corrected chi connectivity index (χ1v) is 6.16. The average Bonchev–Trinajstić information content (AvgIpc) is 2.35. The van der Waals surface area contributed by atoms with E-state index in [1.807, 2.05) is 0 Å². The average molecular weight is 279 g/mol. The van der Waals surface area contributed by atoms with Crippen LogP contribution >= 0.6 is 0 Å². The molecule has 19 heavy (non-hydrogen) atoms. The number of hydrogen-bond donors (Lipinski definition) is 1. The van der Waals surface area contributed by atoms with Crippen LogP contribution in [0.4, 0.5) is 22.0 Å². The van der Waals surface area contributed by atoms with Crippen molar-refractivity contribution < 1.29 is 22.0 Å². The molecule has 0 amide bonds. The van der Waals surface area contributed by atoms with Crippen LogP contribution in [0.5, 0.6) is 0 Å². The molecule has 1 aliphatic rings. The zero-order valence-corrected chi connectivity index (χ0v) is 10.4. The van der Waals surface area contributed by atoms with E-state index in [0.717, 1.165) is 19.3 Å². The molecular weight excluding hydrogens is 265 g/mol. The fourth-order valence-electron chi connectivity index (χ4n) is 2.37. The van der Waals surface area contributed by atoms with E-state index in [9.17, 15) is 22.0 Å². The molecule has 0 bridgehead atoms. The van der Waals surface area contributed by atoms with Gasteiger partial charge in [0.1, 0.15) is 0 Å². The molecule has 2 rings (SSSR count). The maximum absolute atomic E-state index is 13.7. The Bertz CT molecular complexity index is 455. The van der Waals surface area contributed by atoms with Crippen LogP contribution in [-0.4, -0.2) is 7.05 Å². The summed E-state index contributed by atoms with van der Waals surface area (Å²) in [5.74, 6) is -9.10. The summed E-state index contributed by atoms with van der Waals surface area (Å²) in [4.78, 5) is 0. The van der Waals surface area contributed by atoms with Gasteiger partial charge in [0, 0.05) is 11.6 Å². The Morgan fingerprint density at radius 3 is 1.79 bits per heavy atom. The minimum absolute atomic E-state index is 0.271. The Hall–Kier alpha value is -1.17. The van der Waals surface area contributed by atoms with Gasteiger partial charge in [-0.2, -0.15) is 0 Å². The summed E-state index contributed by atoms with van der Waals surface area (Å²) in [5.41, 5.74) is -0.759. The van der Waals surface area contributed by atoms with Crippen molar-refractivity contribution in [2.24, 2.45) is 5.92 Å². The molecule has 0 aliphatic heterocycles. The number of nitrogens with one attached hydrogen (secondary N) is 1. The summed E-state index contributed by atoms with van der Waals surface area (Å²) in [5, 5.41) is 2.64. The van der Waals surface area contributed by atoms with Crippen LogP contribution in [0.25, 0.3) is 0 Å². The Kier molecular flexibility index (Phi) is 4.08. The van der Waals surface area contributed by atoms with E-state index in [1.54, 1.807) is 0 Å². The van der Waals surface area contributed by atoms with E-state index in [4.69, 9.17) is 0 Å². The van der Waals surface area contributed by atoms with E-state index in [2.05, 4.69) is 5.32 Å². The van der Waals surface area contributed by atoms with E-state index in [0.29, 0.717) is 6.42 Å². The third kappa shape index (κ3) is 2.45. The SMILES string of the molecule is CNC(CC1CCC1)c1c(F)c(F)c(F)c(F)c1F. The first-order chi connectivity index (χ1) is 8.97. The third-order valence-corrected chi connectivity index (χ3v) is 3.73. The molecule has 1 N–H and O–H groups in total. The van der Waals surface area contributed by atoms with Crippen LogP contribution in [0, 0.1) is 35.0 Å². The molecule has 6 heteroatoms. The van der Waals surface area contributed by atoms with Crippen LogP contribution in [-0.2, 0) is 0 Å². The van der Waals surface area contributed by atoms with Crippen molar-refractivity contribution in [2.75, 3.05) is 7.05 Å². The third-order valence-electron chi connectivity index (χ3n) is 3.73. The number of hydrogen-bond acceptors (Lipinski definition) is 1. The standard InChI is InChI=1S/C13H14F5N/c1-19-7(5-6-3-2-4-6)8-9(14)11(16)13(18)12(17)10(8)15/h6-7,19H,2-5H2,1H3. The highest BCUT2D eigenvalue weighted by molar-refractivity contribution is 5.27. The highest BCUT2D eigenvalue weighted by Crippen LogP contribution is 2.37. The zero-order chi connectivity index (χ0) is 14.2. The Morgan fingerprint density at radius 2 is 1.42 bits per heavy atom. The van der Waals surface area contributed by atoms with Gasteiger partial charge in [0.15, 0.2) is 23.3 Å². The molecule has 1 aromatic rings. The van der Waals surface area contributed by atoms with Crippen LogP contribution < -0.4 is 5.32 Å². The first kappa shape index (κ1) is 14.2. The minimum atomic E-state index is -2.11. The summed E-state index contributed by atoms with van der Waals surface area (Å²) >= 11 is 0. The molecule has 1 atom stereocenters. The van der Waals surface area contributed by atoms with Crippen LogP contribution in [0.2, 0.25) is 0 Å². The maximum atomic E-state index is 13.7. The molecular formula is C13H14F5N. The molecule has 0 heterocycles. The molecule has 1 aromatic carbocycles. The lowest BCUT2D eigenvalue weighted by molar-refractivity contribution is 0.256. The van der Waals surface area contributed by atoms with Gasteiger partial charge in [0.2, 0.25) is 5.82 Å². The molecule has 0 saturated heterocycles. The predicted octanol–water partition coefficient (Wildman–Crippen LogP) is 3.83. The van der Waals surface area contributed by atoms with E-state index in [-0.39, 0.29) is 5.92 Å². The fraction of sp³-hybridized carbons (Fsp3) is 0.538. The summed E-state index contributed by atoms with van der Waals surface area (Å²) < 4.78 is 66.5. The largest absolute Gasteiger partial charge is 0.313 e. The van der Waals surface area contributed by atoms with Crippen molar-refractivity contribution in [3.05, 3.63) is 34.6 Å². The lowest BCUT2D eigenvalue weighted by Gasteiger charge is -2.30. The predicted molar refractivity (Wildman–Crippen MR) is 60.0 cm³/mol. The summed E-state index contributed by atoms with van der Waals surface area (Å²) in [6, 6.07) is -0.866. The second-order valence-corrected chi connectivity index (χ2v) is 4.86. The van der Waals surface area contributed by atoms with Gasteiger partial charge < -0.3 is 5.32 Å². The highest BCUT2D eigenvalue weighted by atomic mass is 19.2. The monoisotopic (exact) mass is 279 g/mol. The first-order valence-electron chi connectivity index (χ1n) is 6.16. The van der Waals surface area contributed by atoms with Gasteiger partial charge in [0.25, 0.3) is 0 Å². The van der Waals surface area contributed by atoms with Crippen molar-refractivity contribution in [1.82, 2.24) is 5.32 Å². The van der Waals surface area contributed by atoms with E-state index < -0.39 is 40.7 Å². The number of rotatable bonds is 4. The Balaban J connectivity index is 2.41. The van der Waals surface area contributed by atoms with Crippen molar-refractivity contribution in [3.63, 3.8) is 0 Å². The summed E-state index contributed by atoms with van der Waals surface area (Å²) in [6.07, 6.45) is 3.26. The van der Waals surface area contributed by atoms with E-state index in [1.165, 1.54) is 7.05 Å². The lowest BCUT2D eigenvalue weighted by Crippen LogP contribution is -2.26. The molecule has 1 fully saturated rings. The number of halogens is 5. The molecule has 106 valence electrons. The highest BCUT2D eigenvalue weighted by Gasteiger charge is 2.32. The summed E-state index contributed by atoms with van der Waals surface area (Å²) in [7, 11) is 1.45. The molecule has 0 radical (unpaired) electrons. The second-order valence-electron chi connectivity index (χ2n) is 4.86. The van der Waals surface area contributed by atoms with Gasteiger partial charge in [-0.15, -0.1) is 0 Å². The van der Waals surface area contributed by atoms with Gasteiger partial charge in [-0.3, -0.25) is 0 Å². The second kappa shape index (κ2) is 5.45. The molecule has 0 aromatic heterocycles. The van der Waals surface area contributed by atoms with Gasteiger partial charge in [-0.1, -0.05) is 19.3 Å². The molecule has 0 spiro atoms. The van der Waals surface area contributed by atoms with E-state index >= 15 is 0 Å². The lowest BCUT2D eigenvalue weighted by atomic mass is 9.79. The Morgan fingerprint density at radius 1 is 0.947 bits per heavy atom. The fourth-order valence-corrected chi connectivity index (χ4v) is 2.37. The molecule has 1 aliphatic carbocycles. The molecule has 1 nitrogen and oxygen atoms in total. The van der Waals surface area contributed by atoms with Crippen molar-refractivity contribution in [1.29, 1.82) is 0 Å². The van der Waals surface area contributed by atoms with Crippen LogP contribution in [0.3, 0.4) is 0 Å². The van der Waals surface area contributed by atoms with Crippen molar-refractivity contribution in [2.45, 2.75) is 31.7 Å². The van der Waals surface area contributed by atoms with Crippen LogP contribution in [0.15, 0.2) is 0 Å². The van der Waals surface area contributed by atoms with Gasteiger partial charge >= 0.3 is 0 Å². The topological polar surface area (TPSA) is 12.0 Å². The summed E-state index contributed by atoms with van der Waals surface area (Å²) in [6.45, 7) is 0. The normalized spacial score (nSPS) is 17.4. The molecule has 1 unspecified atom stereocenters. The zero-order valence-electron chi connectivity index (χ0n) is 10.4. The van der Waals surface area contributed by atoms with Crippen molar-refractivity contribution >= 4 is 0 Å². The van der Waals surface area contributed by atoms with Gasteiger partial charge in [-0.05, 0) is 19.4 Å². The van der Waals surface area contributed by atoms with Gasteiger partial charge in [-0.25, -0.2) is 22.0 Å². The smallest absolute Gasteiger partial charge is 0.200 e. The van der Waals surface area contributed by atoms with Crippen molar-refractivity contribution in [3.8, 4) is 0 Å². The quantitative estimate of drug-likeness (QED) is 0.502. The molecule has 1 saturated carbocycles. The van der Waals surface area contributed by atoms with Gasteiger partial charge in [0.05, 0.1) is 0 Å². The number of benzene rings is 1. The van der Waals surface area contributed by atoms with Crippen LogP contribution in [0.1, 0.15) is 37.3 Å². The minimum Gasteiger partial charge on any atom is -0.313 e. The maximum Gasteiger partial charge on any atom is 0.200 e.